The number of rotatable bonds is 1. The highest BCUT2D eigenvalue weighted by Crippen LogP contribution is 2.67. The Labute approximate surface area is 150 Å². The lowest BCUT2D eigenvalue weighted by Gasteiger charge is -2.60. The van der Waals surface area contributed by atoms with Gasteiger partial charge in [-0.25, -0.2) is 0 Å². The number of aliphatic hydroxyl groups excluding tert-OH is 1. The second kappa shape index (κ2) is 5.39. The molecule has 0 radical (unpaired) electrons. The van der Waals surface area contributed by atoms with Crippen molar-refractivity contribution in [3.05, 3.63) is 0 Å². The summed E-state index contributed by atoms with van der Waals surface area (Å²) in [5, 5.41) is 21.2. The molecular weight excluding hydrogens is 316 g/mol. The Bertz CT molecular complexity index is 615. The molecule has 140 valence electrons. The summed E-state index contributed by atoms with van der Waals surface area (Å²) in [5.74, 6) is 1.10. The number of aliphatic hydroxyl groups is 2. The predicted molar refractivity (Wildman–Crippen MR) is 93.8 cm³/mol. The van der Waals surface area contributed by atoms with Crippen LogP contribution in [0.2, 0.25) is 0 Å². The zero-order chi connectivity index (χ0) is 18.2. The lowest BCUT2D eigenvalue weighted by atomic mass is 9.44. The van der Waals surface area contributed by atoms with Crippen molar-refractivity contribution in [3.63, 3.8) is 0 Å². The third kappa shape index (κ3) is 2.13. The van der Waals surface area contributed by atoms with Crippen LogP contribution in [0.5, 0.6) is 0 Å². The molecule has 0 aromatic heterocycles. The fourth-order valence-electron chi connectivity index (χ4n) is 7.63. The van der Waals surface area contributed by atoms with E-state index >= 15 is 0 Å². The molecule has 0 unspecified atom stereocenters. The lowest BCUT2D eigenvalue weighted by Crippen LogP contribution is -2.61. The highest BCUT2D eigenvalue weighted by molar-refractivity contribution is 5.90. The number of ketones is 2. The highest BCUT2D eigenvalue weighted by atomic mass is 16.3. The molecular formula is C21H32O4. The zero-order valence-corrected chi connectivity index (χ0v) is 15.8. The van der Waals surface area contributed by atoms with Gasteiger partial charge in [-0.3, -0.25) is 9.59 Å². The van der Waals surface area contributed by atoms with Crippen LogP contribution in [0.1, 0.15) is 72.1 Å². The van der Waals surface area contributed by atoms with E-state index in [2.05, 4.69) is 6.92 Å². The SMILES string of the molecule is CC(=O)[C@@]1(O)CC[C@@H]2[C@@H]3CC[C@H]4C[C@H](O)CC[C@]4(C)[C@H]3C(=O)C[C@]21C. The lowest BCUT2D eigenvalue weighted by molar-refractivity contribution is -0.178. The number of Topliss-reactive ketones (excluding diaryl/α,β-unsaturated/α-hetero) is 2. The van der Waals surface area contributed by atoms with Gasteiger partial charge in [-0.1, -0.05) is 13.8 Å². The van der Waals surface area contributed by atoms with Crippen LogP contribution in [0.25, 0.3) is 0 Å². The summed E-state index contributed by atoms with van der Waals surface area (Å²) < 4.78 is 0. The van der Waals surface area contributed by atoms with Crippen LogP contribution in [0.15, 0.2) is 0 Å². The van der Waals surface area contributed by atoms with E-state index in [9.17, 15) is 19.8 Å². The third-order valence-corrected chi connectivity index (χ3v) is 9.06. The normalized spacial score (nSPS) is 55.2. The van der Waals surface area contributed by atoms with Gasteiger partial charge >= 0.3 is 0 Å². The van der Waals surface area contributed by atoms with Crippen molar-refractivity contribution >= 4 is 11.6 Å². The molecule has 0 aromatic carbocycles. The van der Waals surface area contributed by atoms with Gasteiger partial charge in [-0.15, -0.1) is 0 Å². The largest absolute Gasteiger partial charge is 0.393 e. The van der Waals surface area contributed by atoms with Crippen LogP contribution in [0.3, 0.4) is 0 Å². The molecule has 0 heterocycles. The van der Waals surface area contributed by atoms with Crippen molar-refractivity contribution < 1.29 is 19.8 Å². The van der Waals surface area contributed by atoms with Crippen LogP contribution in [-0.4, -0.2) is 33.5 Å². The zero-order valence-electron chi connectivity index (χ0n) is 15.8. The maximum atomic E-state index is 13.3. The van der Waals surface area contributed by atoms with Gasteiger partial charge in [0.25, 0.3) is 0 Å². The standard InChI is InChI=1S/C21H32O4/c1-12(22)21(25)9-7-16-15-5-4-13-10-14(23)6-8-19(13,2)18(15)17(24)11-20(16,21)3/h13-16,18,23,25H,4-11H2,1-3H3/t13-,14+,15-,16+,18+,19-,20+,21-/m0/s1. The molecule has 2 N–H and O–H groups in total. The van der Waals surface area contributed by atoms with Crippen molar-refractivity contribution in [1.29, 1.82) is 0 Å². The smallest absolute Gasteiger partial charge is 0.161 e. The fraction of sp³-hybridized carbons (Fsp3) is 0.905. The monoisotopic (exact) mass is 348 g/mol. The van der Waals surface area contributed by atoms with Gasteiger partial charge in [0.05, 0.1) is 6.10 Å². The van der Waals surface area contributed by atoms with Gasteiger partial charge in [0.15, 0.2) is 5.78 Å². The van der Waals surface area contributed by atoms with Crippen molar-refractivity contribution in [2.45, 2.75) is 83.8 Å². The molecule has 0 saturated heterocycles. The van der Waals surface area contributed by atoms with E-state index in [4.69, 9.17) is 0 Å². The molecule has 4 aliphatic carbocycles. The molecule has 4 saturated carbocycles. The number of carbonyl (C=O) groups excluding carboxylic acids is 2. The Morgan fingerprint density at radius 2 is 1.84 bits per heavy atom. The number of hydrogen-bond acceptors (Lipinski definition) is 4. The van der Waals surface area contributed by atoms with Crippen LogP contribution < -0.4 is 0 Å². The summed E-state index contributed by atoms with van der Waals surface area (Å²) in [7, 11) is 0. The van der Waals surface area contributed by atoms with Gasteiger partial charge in [-0.2, -0.15) is 0 Å². The second-order valence-corrected chi connectivity index (χ2v) is 9.97. The van der Waals surface area contributed by atoms with E-state index in [0.29, 0.717) is 18.8 Å². The quantitative estimate of drug-likeness (QED) is 0.764. The first kappa shape index (κ1) is 17.7. The molecule has 4 heteroatoms. The van der Waals surface area contributed by atoms with Crippen LogP contribution in [0.4, 0.5) is 0 Å². The van der Waals surface area contributed by atoms with Crippen molar-refractivity contribution in [1.82, 2.24) is 0 Å². The first-order valence-corrected chi connectivity index (χ1v) is 10.1. The maximum absolute atomic E-state index is 13.3. The Morgan fingerprint density at radius 1 is 1.12 bits per heavy atom. The summed E-state index contributed by atoms with van der Waals surface area (Å²) in [6.07, 6.45) is 6.07. The molecule has 4 fully saturated rings. The third-order valence-electron chi connectivity index (χ3n) is 9.06. The second-order valence-electron chi connectivity index (χ2n) is 9.97. The molecule has 0 spiro atoms. The first-order chi connectivity index (χ1) is 11.6. The van der Waals surface area contributed by atoms with E-state index in [-0.39, 0.29) is 40.8 Å². The molecule has 8 atom stereocenters. The van der Waals surface area contributed by atoms with E-state index in [1.807, 2.05) is 6.92 Å². The van der Waals surface area contributed by atoms with Gasteiger partial charge in [-0.05, 0) is 75.0 Å². The van der Waals surface area contributed by atoms with E-state index in [0.717, 1.165) is 38.5 Å². The summed E-state index contributed by atoms with van der Waals surface area (Å²) in [6.45, 7) is 5.73. The molecule has 4 rings (SSSR count). The maximum Gasteiger partial charge on any atom is 0.161 e. The molecule has 0 aliphatic heterocycles. The van der Waals surface area contributed by atoms with Crippen LogP contribution in [-0.2, 0) is 9.59 Å². The average Bonchev–Trinajstić information content (AvgIpc) is 2.80. The minimum atomic E-state index is -1.33. The topological polar surface area (TPSA) is 74.6 Å². The Kier molecular flexibility index (Phi) is 3.81. The Hall–Kier alpha value is -0.740. The van der Waals surface area contributed by atoms with E-state index in [1.165, 1.54) is 6.92 Å². The van der Waals surface area contributed by atoms with Crippen molar-refractivity contribution in [2.75, 3.05) is 0 Å². The average molecular weight is 348 g/mol. The number of carbonyl (C=O) groups is 2. The predicted octanol–water partition coefficient (Wildman–Crippen LogP) is 2.89. The molecule has 0 bridgehead atoms. The van der Waals surface area contributed by atoms with Crippen LogP contribution in [0, 0.1) is 34.5 Å². The van der Waals surface area contributed by atoms with E-state index < -0.39 is 11.0 Å². The number of hydrogen-bond donors (Lipinski definition) is 2. The van der Waals surface area contributed by atoms with Crippen LogP contribution >= 0.6 is 0 Å². The Morgan fingerprint density at radius 3 is 2.52 bits per heavy atom. The summed E-state index contributed by atoms with van der Waals surface area (Å²) >= 11 is 0. The summed E-state index contributed by atoms with van der Waals surface area (Å²) in [5.41, 5.74) is -1.95. The summed E-state index contributed by atoms with van der Waals surface area (Å²) in [4.78, 5) is 25.6. The van der Waals surface area contributed by atoms with Gasteiger partial charge < -0.3 is 10.2 Å². The summed E-state index contributed by atoms with van der Waals surface area (Å²) in [6, 6.07) is 0. The van der Waals surface area contributed by atoms with E-state index in [1.54, 1.807) is 0 Å². The fourth-order valence-corrected chi connectivity index (χ4v) is 7.63. The van der Waals surface area contributed by atoms with Crippen molar-refractivity contribution in [2.24, 2.45) is 34.5 Å². The Balaban J connectivity index is 1.71. The first-order valence-electron chi connectivity index (χ1n) is 10.1. The minimum absolute atomic E-state index is 0.0164. The van der Waals surface area contributed by atoms with Gasteiger partial charge in [0, 0.05) is 17.8 Å². The minimum Gasteiger partial charge on any atom is -0.393 e. The molecule has 25 heavy (non-hydrogen) atoms. The highest BCUT2D eigenvalue weighted by Gasteiger charge is 2.68. The van der Waals surface area contributed by atoms with Gasteiger partial charge in [0.2, 0.25) is 0 Å². The van der Waals surface area contributed by atoms with Crippen molar-refractivity contribution in [3.8, 4) is 0 Å². The van der Waals surface area contributed by atoms with Gasteiger partial charge in [0.1, 0.15) is 11.4 Å². The molecule has 0 aromatic rings. The molecule has 0 amide bonds. The molecule has 4 aliphatic rings. The number of fused-ring (bicyclic) bond motifs is 5. The molecule has 4 nitrogen and oxygen atoms in total.